The van der Waals surface area contributed by atoms with Crippen LogP contribution >= 0.6 is 0 Å². The van der Waals surface area contributed by atoms with Crippen LogP contribution in [0.1, 0.15) is 144 Å². The molecule has 0 saturated carbocycles. The molecule has 0 aliphatic carbocycles. The Morgan fingerprint density at radius 1 is 0.621 bits per heavy atom. The zero-order valence-electron chi connectivity index (χ0n) is 20.9. The van der Waals surface area contributed by atoms with E-state index in [1.165, 1.54) is 89.9 Å². The molecule has 1 unspecified atom stereocenters. The Bertz CT molecular complexity index is 350. The van der Waals surface area contributed by atoms with E-state index in [0.29, 0.717) is 12.3 Å². The van der Waals surface area contributed by atoms with Crippen LogP contribution in [0.2, 0.25) is 0 Å². The van der Waals surface area contributed by atoms with Gasteiger partial charge < -0.3 is 4.74 Å². The topological polar surface area (TPSA) is 26.3 Å². The van der Waals surface area contributed by atoms with Crippen molar-refractivity contribution in [3.8, 4) is 0 Å². The van der Waals surface area contributed by atoms with Gasteiger partial charge in [-0.2, -0.15) is 0 Å². The van der Waals surface area contributed by atoms with Gasteiger partial charge in [-0.25, -0.2) is 0 Å². The van der Waals surface area contributed by atoms with Crippen molar-refractivity contribution in [1.82, 2.24) is 0 Å². The maximum Gasteiger partial charge on any atom is 0.306 e. The highest BCUT2D eigenvalue weighted by atomic mass is 16.5. The van der Waals surface area contributed by atoms with Gasteiger partial charge in [0.1, 0.15) is 6.10 Å². The normalized spacial score (nSPS) is 12.9. The monoisotopic (exact) mass is 410 g/mol. The van der Waals surface area contributed by atoms with Crippen molar-refractivity contribution in [2.75, 3.05) is 0 Å². The zero-order chi connectivity index (χ0) is 21.9. The van der Waals surface area contributed by atoms with E-state index in [9.17, 15) is 4.79 Å². The van der Waals surface area contributed by atoms with Crippen LogP contribution in [0, 0.1) is 17.8 Å². The lowest BCUT2D eigenvalue weighted by Crippen LogP contribution is -2.25. The summed E-state index contributed by atoms with van der Waals surface area (Å²) in [6.07, 6.45) is 19.9. The highest BCUT2D eigenvalue weighted by molar-refractivity contribution is 5.69. The molecule has 29 heavy (non-hydrogen) atoms. The van der Waals surface area contributed by atoms with Gasteiger partial charge in [-0.15, -0.1) is 0 Å². The third-order valence-corrected chi connectivity index (χ3v) is 6.20. The molecule has 0 bridgehead atoms. The van der Waals surface area contributed by atoms with Gasteiger partial charge in [-0.3, -0.25) is 4.79 Å². The van der Waals surface area contributed by atoms with E-state index in [1.807, 2.05) is 0 Å². The fraction of sp³-hybridized carbons (Fsp3) is 0.963. The van der Waals surface area contributed by atoms with Crippen molar-refractivity contribution in [1.29, 1.82) is 0 Å². The summed E-state index contributed by atoms with van der Waals surface area (Å²) in [7, 11) is 0. The number of hydrogen-bond acceptors (Lipinski definition) is 2. The first-order valence-corrected chi connectivity index (χ1v) is 13.1. The lowest BCUT2D eigenvalue weighted by molar-refractivity contribution is -0.151. The molecule has 0 rings (SSSR count). The summed E-state index contributed by atoms with van der Waals surface area (Å²) in [6, 6.07) is 0. The van der Waals surface area contributed by atoms with Crippen LogP contribution in [0.3, 0.4) is 0 Å². The predicted octanol–water partition coefficient (Wildman–Crippen LogP) is 9.11. The molecule has 0 spiro atoms. The van der Waals surface area contributed by atoms with E-state index in [-0.39, 0.29) is 12.1 Å². The molecule has 0 aliphatic rings. The quantitative estimate of drug-likeness (QED) is 0.148. The zero-order valence-corrected chi connectivity index (χ0v) is 20.9. The fourth-order valence-electron chi connectivity index (χ4n) is 4.00. The Balaban J connectivity index is 3.85. The molecule has 174 valence electrons. The highest BCUT2D eigenvalue weighted by Gasteiger charge is 2.21. The molecule has 0 N–H and O–H groups in total. The van der Waals surface area contributed by atoms with Crippen molar-refractivity contribution in [2.24, 2.45) is 17.8 Å². The van der Waals surface area contributed by atoms with Crippen LogP contribution in [-0.2, 0) is 9.53 Å². The second-order valence-corrected chi connectivity index (χ2v) is 10.2. The van der Waals surface area contributed by atoms with E-state index in [2.05, 4.69) is 41.5 Å². The minimum atomic E-state index is 0.0209. The number of esters is 1. The summed E-state index contributed by atoms with van der Waals surface area (Å²) in [5, 5.41) is 0. The molecule has 0 aromatic heterocycles. The maximum absolute atomic E-state index is 12.3. The van der Waals surface area contributed by atoms with Crippen LogP contribution in [-0.4, -0.2) is 12.1 Å². The van der Waals surface area contributed by atoms with Gasteiger partial charge in [0.2, 0.25) is 0 Å². The molecule has 1 atom stereocenters. The van der Waals surface area contributed by atoms with E-state index in [1.54, 1.807) is 0 Å². The van der Waals surface area contributed by atoms with Crippen molar-refractivity contribution in [2.45, 2.75) is 150 Å². The molecular weight excluding hydrogens is 356 g/mol. The Morgan fingerprint density at radius 2 is 1.03 bits per heavy atom. The molecule has 0 aliphatic heterocycles. The summed E-state index contributed by atoms with van der Waals surface area (Å²) < 4.78 is 5.83. The van der Waals surface area contributed by atoms with Crippen LogP contribution in [0.4, 0.5) is 0 Å². The molecule has 0 amide bonds. The molecule has 0 saturated heterocycles. The largest absolute Gasteiger partial charge is 0.462 e. The third-order valence-electron chi connectivity index (χ3n) is 6.20. The molecule has 0 heterocycles. The summed E-state index contributed by atoms with van der Waals surface area (Å²) >= 11 is 0. The van der Waals surface area contributed by atoms with E-state index in [4.69, 9.17) is 4.74 Å². The van der Waals surface area contributed by atoms with Gasteiger partial charge in [-0.1, -0.05) is 112 Å². The van der Waals surface area contributed by atoms with E-state index >= 15 is 0 Å². The second kappa shape index (κ2) is 19.4. The van der Waals surface area contributed by atoms with E-state index < -0.39 is 0 Å². The molecule has 0 fully saturated rings. The SMILES string of the molecule is CCCCCCCCCCCCCC(=O)OC(C)C(CCC(C)C)CCC(C)C. The van der Waals surface area contributed by atoms with Crippen LogP contribution in [0.15, 0.2) is 0 Å². The van der Waals surface area contributed by atoms with Gasteiger partial charge in [0.15, 0.2) is 0 Å². The Kier molecular flexibility index (Phi) is 19.1. The number of carbonyl (C=O) groups is 1. The number of ether oxygens (including phenoxy) is 1. The van der Waals surface area contributed by atoms with Gasteiger partial charge in [0.05, 0.1) is 0 Å². The smallest absolute Gasteiger partial charge is 0.306 e. The minimum Gasteiger partial charge on any atom is -0.462 e. The van der Waals surface area contributed by atoms with Crippen LogP contribution in [0.5, 0.6) is 0 Å². The lowest BCUT2D eigenvalue weighted by atomic mass is 9.88. The van der Waals surface area contributed by atoms with Crippen molar-refractivity contribution in [3.63, 3.8) is 0 Å². The summed E-state index contributed by atoms with van der Waals surface area (Å²) in [6.45, 7) is 13.5. The highest BCUT2D eigenvalue weighted by Crippen LogP contribution is 2.25. The minimum absolute atomic E-state index is 0.0209. The lowest BCUT2D eigenvalue weighted by Gasteiger charge is -2.25. The predicted molar refractivity (Wildman–Crippen MR) is 128 cm³/mol. The van der Waals surface area contributed by atoms with Gasteiger partial charge in [-0.05, 0) is 43.9 Å². The Morgan fingerprint density at radius 3 is 1.45 bits per heavy atom. The molecule has 2 heteroatoms. The second-order valence-electron chi connectivity index (χ2n) is 10.2. The van der Waals surface area contributed by atoms with Crippen molar-refractivity contribution < 1.29 is 9.53 Å². The third kappa shape index (κ3) is 19.2. The van der Waals surface area contributed by atoms with Crippen molar-refractivity contribution in [3.05, 3.63) is 0 Å². The van der Waals surface area contributed by atoms with Crippen molar-refractivity contribution >= 4 is 5.97 Å². The summed E-state index contributed by atoms with van der Waals surface area (Å²) in [5.41, 5.74) is 0. The van der Waals surface area contributed by atoms with E-state index in [0.717, 1.165) is 18.3 Å². The standard InChI is InChI=1S/C27H54O2/c1-7-8-9-10-11-12-13-14-15-16-17-18-27(28)29-25(6)26(21-19-23(2)3)22-20-24(4)5/h23-26H,7-22H2,1-6H3. The number of carbonyl (C=O) groups excluding carboxylic acids is 1. The summed E-state index contributed by atoms with van der Waals surface area (Å²) in [5.74, 6) is 1.97. The first-order valence-electron chi connectivity index (χ1n) is 13.1. The molecular formula is C27H54O2. The Hall–Kier alpha value is -0.530. The van der Waals surface area contributed by atoms with Gasteiger partial charge in [0.25, 0.3) is 0 Å². The molecule has 0 radical (unpaired) electrons. The molecule has 0 aromatic rings. The van der Waals surface area contributed by atoms with Crippen LogP contribution < -0.4 is 0 Å². The molecule has 2 nitrogen and oxygen atoms in total. The van der Waals surface area contributed by atoms with Gasteiger partial charge in [0, 0.05) is 6.42 Å². The first kappa shape index (κ1) is 28.5. The number of rotatable bonds is 20. The van der Waals surface area contributed by atoms with Gasteiger partial charge >= 0.3 is 5.97 Å². The summed E-state index contributed by atoms with van der Waals surface area (Å²) in [4.78, 5) is 12.3. The maximum atomic E-state index is 12.3. The Labute approximate surface area is 184 Å². The number of hydrogen-bond donors (Lipinski definition) is 0. The number of unbranched alkanes of at least 4 members (excludes halogenated alkanes) is 10. The average molecular weight is 411 g/mol. The molecule has 0 aromatic carbocycles. The van der Waals surface area contributed by atoms with Crippen LogP contribution in [0.25, 0.3) is 0 Å². The first-order chi connectivity index (χ1) is 13.9. The average Bonchev–Trinajstić information content (AvgIpc) is 2.65. The fourth-order valence-corrected chi connectivity index (χ4v) is 4.00.